The number of pyridine rings is 1. The number of nitrogens with zero attached hydrogens (tertiary/aromatic N) is 4. The minimum absolute atomic E-state index is 0.00446. The van der Waals surface area contributed by atoms with Gasteiger partial charge in [-0.05, 0) is 38.4 Å². The Morgan fingerprint density at radius 2 is 2.45 bits per heavy atom. The number of aromatic amines is 1. The molecule has 0 saturated carbocycles. The molecule has 1 saturated heterocycles. The zero-order chi connectivity index (χ0) is 15.4. The molecule has 1 fully saturated rings. The van der Waals surface area contributed by atoms with Crippen LogP contribution in [0.4, 0.5) is 5.69 Å². The first-order valence-corrected chi connectivity index (χ1v) is 7.55. The second-order valence-electron chi connectivity index (χ2n) is 5.51. The van der Waals surface area contributed by atoms with Crippen molar-refractivity contribution in [1.29, 1.82) is 0 Å². The molecule has 0 aromatic carbocycles. The molecule has 1 atom stereocenters. The van der Waals surface area contributed by atoms with Gasteiger partial charge < -0.3 is 5.32 Å². The third-order valence-corrected chi connectivity index (χ3v) is 3.85. The van der Waals surface area contributed by atoms with Crippen LogP contribution >= 0.6 is 0 Å². The fraction of sp³-hybridized carbons (Fsp3) is 0.467. The van der Waals surface area contributed by atoms with E-state index < -0.39 is 0 Å². The summed E-state index contributed by atoms with van der Waals surface area (Å²) in [6.07, 6.45) is 5.94. The monoisotopic (exact) mass is 300 g/mol. The van der Waals surface area contributed by atoms with E-state index in [1.165, 1.54) is 0 Å². The fourth-order valence-corrected chi connectivity index (χ4v) is 2.80. The van der Waals surface area contributed by atoms with Gasteiger partial charge in [-0.15, -0.1) is 0 Å². The van der Waals surface area contributed by atoms with Gasteiger partial charge in [0.05, 0.1) is 17.9 Å². The van der Waals surface area contributed by atoms with E-state index in [1.807, 2.05) is 13.0 Å². The maximum Gasteiger partial charge on any atom is 0.225 e. The van der Waals surface area contributed by atoms with Crippen LogP contribution in [0.25, 0.3) is 0 Å². The maximum atomic E-state index is 12.0. The van der Waals surface area contributed by atoms with Crippen molar-refractivity contribution in [1.82, 2.24) is 25.1 Å². The van der Waals surface area contributed by atoms with Gasteiger partial charge in [0.15, 0.2) is 5.82 Å². The lowest BCUT2D eigenvalue weighted by atomic mass is 10.2. The van der Waals surface area contributed by atoms with Crippen molar-refractivity contribution < 1.29 is 4.79 Å². The first-order chi connectivity index (χ1) is 10.7. The minimum Gasteiger partial charge on any atom is -0.325 e. The van der Waals surface area contributed by atoms with E-state index in [-0.39, 0.29) is 11.9 Å². The molecule has 7 nitrogen and oxygen atoms in total. The summed E-state index contributed by atoms with van der Waals surface area (Å²) in [6.45, 7) is 3.60. The third kappa shape index (κ3) is 3.48. The first-order valence-electron chi connectivity index (χ1n) is 7.55. The van der Waals surface area contributed by atoms with Crippen LogP contribution in [0.1, 0.15) is 37.0 Å². The largest absolute Gasteiger partial charge is 0.325 e. The molecule has 1 amide bonds. The highest BCUT2D eigenvalue weighted by molar-refractivity contribution is 5.90. The number of rotatable bonds is 5. The molecule has 3 heterocycles. The number of hydrogen-bond donors (Lipinski definition) is 2. The number of aryl methyl sites for hydroxylation is 1. The lowest BCUT2D eigenvalue weighted by molar-refractivity contribution is -0.116. The number of hydrogen-bond acceptors (Lipinski definition) is 5. The topological polar surface area (TPSA) is 86.8 Å². The van der Waals surface area contributed by atoms with Gasteiger partial charge in [0.2, 0.25) is 5.91 Å². The van der Waals surface area contributed by atoms with Gasteiger partial charge in [-0.3, -0.25) is 19.8 Å². The van der Waals surface area contributed by atoms with E-state index in [0.29, 0.717) is 13.0 Å². The molecule has 2 aromatic rings. The summed E-state index contributed by atoms with van der Waals surface area (Å²) in [6, 6.07) is 3.86. The SMILES string of the molecule is Cc1nc(C2CCCN2CCC(=O)Nc2cccnc2)n[nH]1. The summed E-state index contributed by atoms with van der Waals surface area (Å²) in [5.41, 5.74) is 0.732. The van der Waals surface area contributed by atoms with E-state index >= 15 is 0 Å². The average molecular weight is 300 g/mol. The molecule has 2 aromatic heterocycles. The number of likely N-dealkylation sites (tertiary alicyclic amines) is 1. The van der Waals surface area contributed by atoms with Crippen molar-refractivity contribution >= 4 is 11.6 Å². The quantitative estimate of drug-likeness (QED) is 0.877. The minimum atomic E-state index is 0.00446. The molecule has 0 spiro atoms. The molecule has 7 heteroatoms. The summed E-state index contributed by atoms with van der Waals surface area (Å²) in [5, 5.41) is 10.0. The Labute approximate surface area is 129 Å². The number of aromatic nitrogens is 4. The first kappa shape index (κ1) is 14.6. The van der Waals surface area contributed by atoms with Crippen molar-refractivity contribution in [2.24, 2.45) is 0 Å². The predicted octanol–water partition coefficient (Wildman–Crippen LogP) is 1.67. The molecule has 1 unspecified atom stereocenters. The number of carbonyl (C=O) groups is 1. The summed E-state index contributed by atoms with van der Waals surface area (Å²) in [7, 11) is 0. The zero-order valence-electron chi connectivity index (χ0n) is 12.6. The third-order valence-electron chi connectivity index (χ3n) is 3.85. The molecule has 0 aliphatic carbocycles. The van der Waals surface area contributed by atoms with Crippen molar-refractivity contribution in [2.45, 2.75) is 32.2 Å². The van der Waals surface area contributed by atoms with Gasteiger partial charge in [-0.25, -0.2) is 4.98 Å². The second-order valence-corrected chi connectivity index (χ2v) is 5.51. The van der Waals surface area contributed by atoms with Crippen LogP contribution in [-0.2, 0) is 4.79 Å². The summed E-state index contributed by atoms with van der Waals surface area (Å²) < 4.78 is 0. The Kier molecular flexibility index (Phi) is 4.43. The van der Waals surface area contributed by atoms with E-state index in [0.717, 1.165) is 36.7 Å². The van der Waals surface area contributed by atoms with Gasteiger partial charge in [0.25, 0.3) is 0 Å². The Balaban J connectivity index is 1.53. The number of amides is 1. The summed E-state index contributed by atoms with van der Waals surface area (Å²) in [5.74, 6) is 1.67. The molecule has 3 rings (SSSR count). The van der Waals surface area contributed by atoms with Crippen LogP contribution in [0.15, 0.2) is 24.5 Å². The number of nitrogens with one attached hydrogen (secondary N) is 2. The van der Waals surface area contributed by atoms with Gasteiger partial charge in [0, 0.05) is 19.2 Å². The highest BCUT2D eigenvalue weighted by Gasteiger charge is 2.29. The zero-order valence-corrected chi connectivity index (χ0v) is 12.6. The van der Waals surface area contributed by atoms with Crippen LogP contribution in [-0.4, -0.2) is 44.1 Å². The van der Waals surface area contributed by atoms with Crippen molar-refractivity contribution in [2.75, 3.05) is 18.4 Å². The molecular formula is C15H20N6O. The molecule has 1 aliphatic rings. The fourth-order valence-electron chi connectivity index (χ4n) is 2.80. The van der Waals surface area contributed by atoms with E-state index in [2.05, 4.69) is 30.4 Å². The lowest BCUT2D eigenvalue weighted by Crippen LogP contribution is -2.28. The number of carbonyl (C=O) groups excluding carboxylic acids is 1. The van der Waals surface area contributed by atoms with Gasteiger partial charge in [0.1, 0.15) is 5.82 Å². The number of H-pyrrole nitrogens is 1. The highest BCUT2D eigenvalue weighted by atomic mass is 16.1. The molecule has 1 aliphatic heterocycles. The Morgan fingerprint density at radius 1 is 1.55 bits per heavy atom. The molecule has 116 valence electrons. The maximum absolute atomic E-state index is 12.0. The molecule has 0 radical (unpaired) electrons. The van der Waals surface area contributed by atoms with Crippen LogP contribution in [0.2, 0.25) is 0 Å². The van der Waals surface area contributed by atoms with Gasteiger partial charge >= 0.3 is 0 Å². The van der Waals surface area contributed by atoms with Crippen LogP contribution < -0.4 is 5.32 Å². The van der Waals surface area contributed by atoms with Crippen molar-refractivity contribution in [3.63, 3.8) is 0 Å². The predicted molar refractivity (Wildman–Crippen MR) is 82.2 cm³/mol. The van der Waals surface area contributed by atoms with Crippen LogP contribution in [0.5, 0.6) is 0 Å². The molecule has 2 N–H and O–H groups in total. The Hall–Kier alpha value is -2.28. The molecule has 22 heavy (non-hydrogen) atoms. The Bertz CT molecular complexity index is 626. The smallest absolute Gasteiger partial charge is 0.225 e. The summed E-state index contributed by atoms with van der Waals surface area (Å²) in [4.78, 5) is 22.7. The second kappa shape index (κ2) is 6.65. The summed E-state index contributed by atoms with van der Waals surface area (Å²) >= 11 is 0. The van der Waals surface area contributed by atoms with Crippen LogP contribution in [0, 0.1) is 6.92 Å². The van der Waals surface area contributed by atoms with Gasteiger partial charge in [-0.1, -0.05) is 0 Å². The normalized spacial score (nSPS) is 18.5. The van der Waals surface area contributed by atoms with Crippen molar-refractivity contribution in [3.8, 4) is 0 Å². The van der Waals surface area contributed by atoms with E-state index in [1.54, 1.807) is 18.5 Å². The molecular weight excluding hydrogens is 280 g/mol. The van der Waals surface area contributed by atoms with E-state index in [4.69, 9.17) is 0 Å². The van der Waals surface area contributed by atoms with Crippen LogP contribution in [0.3, 0.4) is 0 Å². The van der Waals surface area contributed by atoms with E-state index in [9.17, 15) is 4.79 Å². The Morgan fingerprint density at radius 3 is 3.18 bits per heavy atom. The lowest BCUT2D eigenvalue weighted by Gasteiger charge is -2.21. The standard InChI is InChI=1S/C15H20N6O/c1-11-17-15(20-19-11)13-5-3-8-21(13)9-6-14(22)18-12-4-2-7-16-10-12/h2,4,7,10,13H,3,5-6,8-9H2,1H3,(H,18,22)(H,17,19,20). The average Bonchev–Trinajstić information content (AvgIpc) is 3.14. The highest BCUT2D eigenvalue weighted by Crippen LogP contribution is 2.29. The van der Waals surface area contributed by atoms with Crippen molar-refractivity contribution in [3.05, 3.63) is 36.2 Å². The number of anilines is 1. The van der Waals surface area contributed by atoms with Gasteiger partial charge in [-0.2, -0.15) is 5.10 Å². The molecule has 0 bridgehead atoms.